The van der Waals surface area contributed by atoms with Crippen LogP contribution in [0.1, 0.15) is 37.0 Å². The number of hydrogen-bond acceptors (Lipinski definition) is 4. The van der Waals surface area contributed by atoms with Crippen LogP contribution >= 0.6 is 0 Å². The van der Waals surface area contributed by atoms with Crippen molar-refractivity contribution in [2.24, 2.45) is 0 Å². The molecule has 0 radical (unpaired) electrons. The highest BCUT2D eigenvalue weighted by Gasteiger charge is 2.43. The number of ether oxygens (including phenoxy) is 1. The van der Waals surface area contributed by atoms with E-state index < -0.39 is 22.2 Å². The molecule has 172 valence electrons. The lowest BCUT2D eigenvalue weighted by Gasteiger charge is -2.31. The summed E-state index contributed by atoms with van der Waals surface area (Å²) in [6, 6.07) is 20.7. The highest BCUT2D eigenvalue weighted by molar-refractivity contribution is 7.89. The third-order valence-electron chi connectivity index (χ3n) is 6.47. The molecule has 2 aliphatic rings. The van der Waals surface area contributed by atoms with Crippen molar-refractivity contribution in [3.8, 4) is 5.75 Å². The normalized spacial score (nSPS) is 22.4. The molecule has 2 atom stereocenters. The van der Waals surface area contributed by atoms with Gasteiger partial charge in [-0.25, -0.2) is 12.8 Å². The van der Waals surface area contributed by atoms with E-state index in [9.17, 15) is 12.8 Å². The van der Waals surface area contributed by atoms with Gasteiger partial charge in [0.2, 0.25) is 10.0 Å². The van der Waals surface area contributed by atoms with E-state index in [4.69, 9.17) is 4.74 Å². The Morgan fingerprint density at radius 1 is 0.970 bits per heavy atom. The molecule has 0 unspecified atom stereocenters. The molecule has 0 aliphatic carbocycles. The molecule has 0 saturated carbocycles. The largest absolute Gasteiger partial charge is 0.483 e. The van der Waals surface area contributed by atoms with E-state index in [0.717, 1.165) is 31.5 Å². The van der Waals surface area contributed by atoms with Crippen LogP contribution < -0.4 is 9.64 Å². The second kappa shape index (κ2) is 8.80. The summed E-state index contributed by atoms with van der Waals surface area (Å²) < 4.78 is 50.3. The Hall–Kier alpha value is -2.90. The first-order valence-electron chi connectivity index (χ1n) is 11.3. The van der Waals surface area contributed by atoms with Crippen molar-refractivity contribution in [3.05, 3.63) is 89.7 Å². The molecule has 5 rings (SSSR count). The Bertz CT molecular complexity index is 1240. The standard InChI is InChI=1S/C26H27FN2O3S/c1-19-25(21-10-3-2-4-11-21)32-24-14-8-13-23(28-15-5-6-16-28)26(24)33(30,31)29(19)18-20-9-7-12-22(27)17-20/h2-4,7-14,17,19,25H,5-6,15-16,18H2,1H3/t19-,25+/m0/s1. The van der Waals surface area contributed by atoms with Gasteiger partial charge in [-0.1, -0.05) is 48.5 Å². The lowest BCUT2D eigenvalue weighted by Crippen LogP contribution is -2.41. The fraction of sp³-hybridized carbons (Fsp3) is 0.308. The first kappa shape index (κ1) is 21.9. The quantitative estimate of drug-likeness (QED) is 0.534. The molecule has 1 saturated heterocycles. The zero-order chi connectivity index (χ0) is 23.0. The molecule has 0 N–H and O–H groups in total. The summed E-state index contributed by atoms with van der Waals surface area (Å²) in [4.78, 5) is 2.32. The molecular weight excluding hydrogens is 439 g/mol. The summed E-state index contributed by atoms with van der Waals surface area (Å²) in [5.41, 5.74) is 2.17. The number of rotatable bonds is 4. The van der Waals surface area contributed by atoms with Gasteiger partial charge in [0, 0.05) is 19.6 Å². The van der Waals surface area contributed by atoms with E-state index in [2.05, 4.69) is 4.90 Å². The minimum atomic E-state index is -3.94. The van der Waals surface area contributed by atoms with Crippen molar-refractivity contribution >= 4 is 15.7 Å². The van der Waals surface area contributed by atoms with Crippen LogP contribution in [-0.2, 0) is 16.6 Å². The van der Waals surface area contributed by atoms with Crippen LogP contribution in [0.25, 0.3) is 0 Å². The summed E-state index contributed by atoms with van der Waals surface area (Å²) in [7, 11) is -3.94. The lowest BCUT2D eigenvalue weighted by atomic mass is 10.0. The molecule has 5 nitrogen and oxygen atoms in total. The van der Waals surface area contributed by atoms with Gasteiger partial charge in [0.15, 0.2) is 0 Å². The van der Waals surface area contributed by atoms with Gasteiger partial charge in [-0.3, -0.25) is 0 Å². The zero-order valence-electron chi connectivity index (χ0n) is 18.5. The summed E-state index contributed by atoms with van der Waals surface area (Å²) in [5.74, 6) is -0.0248. The van der Waals surface area contributed by atoms with E-state index in [-0.39, 0.29) is 17.3 Å². The van der Waals surface area contributed by atoms with E-state index >= 15 is 0 Å². The molecule has 0 amide bonds. The van der Waals surface area contributed by atoms with Crippen LogP contribution in [0.5, 0.6) is 5.75 Å². The summed E-state index contributed by atoms with van der Waals surface area (Å²) in [5, 5.41) is 0. The Morgan fingerprint density at radius 3 is 2.42 bits per heavy atom. The van der Waals surface area contributed by atoms with Crippen LogP contribution in [0.2, 0.25) is 0 Å². The first-order chi connectivity index (χ1) is 15.9. The second-order valence-corrected chi connectivity index (χ2v) is 10.5. The van der Waals surface area contributed by atoms with Gasteiger partial charge in [-0.2, -0.15) is 4.31 Å². The summed E-state index contributed by atoms with van der Waals surface area (Å²) in [6.45, 7) is 3.54. The maximum absolute atomic E-state index is 14.2. The molecule has 0 spiro atoms. The lowest BCUT2D eigenvalue weighted by molar-refractivity contribution is 0.124. The van der Waals surface area contributed by atoms with Gasteiger partial charge in [-0.15, -0.1) is 0 Å². The smallest absolute Gasteiger partial charge is 0.249 e. The van der Waals surface area contributed by atoms with Crippen LogP contribution in [-0.4, -0.2) is 31.9 Å². The molecule has 1 fully saturated rings. The molecule has 33 heavy (non-hydrogen) atoms. The fourth-order valence-corrected chi connectivity index (χ4v) is 6.75. The molecule has 3 aromatic carbocycles. The van der Waals surface area contributed by atoms with Crippen LogP contribution in [0.3, 0.4) is 0 Å². The highest BCUT2D eigenvalue weighted by atomic mass is 32.2. The predicted octanol–water partition coefficient (Wildman–Crippen LogP) is 5.14. The van der Waals surface area contributed by atoms with Crippen molar-refractivity contribution in [3.63, 3.8) is 0 Å². The van der Waals surface area contributed by atoms with E-state index in [1.807, 2.05) is 49.4 Å². The number of benzene rings is 3. The molecule has 7 heteroatoms. The predicted molar refractivity (Wildman–Crippen MR) is 126 cm³/mol. The summed E-state index contributed by atoms with van der Waals surface area (Å²) in [6.07, 6.45) is 1.55. The number of fused-ring (bicyclic) bond motifs is 1. The SMILES string of the molecule is C[C@H]1[C@H](c2ccccc2)Oc2cccc(N3CCCC3)c2S(=O)(=O)N1Cc1cccc(F)c1. The number of sulfonamides is 1. The van der Waals surface area contributed by atoms with Crippen molar-refractivity contribution in [2.45, 2.75) is 43.4 Å². The number of nitrogens with zero attached hydrogens (tertiary/aromatic N) is 2. The monoisotopic (exact) mass is 466 g/mol. The van der Waals surface area contributed by atoms with Crippen LogP contribution in [0, 0.1) is 5.82 Å². The van der Waals surface area contributed by atoms with Crippen molar-refractivity contribution in [1.29, 1.82) is 0 Å². The third-order valence-corrected chi connectivity index (χ3v) is 8.48. The van der Waals surface area contributed by atoms with Gasteiger partial charge in [-0.05, 0) is 55.2 Å². The number of halogens is 1. The molecule has 2 heterocycles. The van der Waals surface area contributed by atoms with Crippen LogP contribution in [0.4, 0.5) is 10.1 Å². The number of hydrogen-bond donors (Lipinski definition) is 0. The maximum atomic E-state index is 14.2. The average molecular weight is 467 g/mol. The van der Waals surface area contributed by atoms with E-state index in [0.29, 0.717) is 17.0 Å². The van der Waals surface area contributed by atoms with Crippen LogP contribution in [0.15, 0.2) is 77.7 Å². The molecule has 0 aromatic heterocycles. The molecule has 2 aliphatic heterocycles. The minimum Gasteiger partial charge on any atom is -0.483 e. The highest BCUT2D eigenvalue weighted by Crippen LogP contribution is 2.44. The topological polar surface area (TPSA) is 49.9 Å². The third kappa shape index (κ3) is 4.11. The average Bonchev–Trinajstić information content (AvgIpc) is 3.33. The van der Waals surface area contributed by atoms with Gasteiger partial charge in [0.1, 0.15) is 22.6 Å². The Kier molecular flexibility index (Phi) is 5.85. The second-order valence-electron chi connectivity index (χ2n) is 8.67. The van der Waals surface area contributed by atoms with E-state index in [1.165, 1.54) is 16.4 Å². The summed E-state index contributed by atoms with van der Waals surface area (Å²) >= 11 is 0. The van der Waals surface area contributed by atoms with E-state index in [1.54, 1.807) is 18.2 Å². The fourth-order valence-electron chi connectivity index (χ4n) is 4.82. The van der Waals surface area contributed by atoms with Crippen molar-refractivity contribution in [2.75, 3.05) is 18.0 Å². The van der Waals surface area contributed by atoms with Gasteiger partial charge in [0.25, 0.3) is 0 Å². The zero-order valence-corrected chi connectivity index (χ0v) is 19.3. The Balaban J connectivity index is 1.68. The molecule has 0 bridgehead atoms. The van der Waals surface area contributed by atoms with Crippen molar-refractivity contribution < 1.29 is 17.5 Å². The Labute approximate surface area is 194 Å². The van der Waals surface area contributed by atoms with Gasteiger partial charge >= 0.3 is 0 Å². The minimum absolute atomic E-state index is 0.0573. The van der Waals surface area contributed by atoms with Gasteiger partial charge in [0.05, 0.1) is 11.7 Å². The molecular formula is C26H27FN2O3S. The Morgan fingerprint density at radius 2 is 1.70 bits per heavy atom. The number of anilines is 1. The first-order valence-corrected chi connectivity index (χ1v) is 12.7. The van der Waals surface area contributed by atoms with Crippen molar-refractivity contribution in [1.82, 2.24) is 4.31 Å². The van der Waals surface area contributed by atoms with Gasteiger partial charge < -0.3 is 9.64 Å². The molecule has 3 aromatic rings. The maximum Gasteiger partial charge on any atom is 0.249 e.